The van der Waals surface area contributed by atoms with Gasteiger partial charge in [-0.2, -0.15) is 0 Å². The largest absolute Gasteiger partial charge is 0.346 e. The molecule has 0 bridgehead atoms. The van der Waals surface area contributed by atoms with Crippen molar-refractivity contribution in [1.82, 2.24) is 24.3 Å². The SMILES string of the molecule is CCCn1c(C(=O)NC2CCN(c3nccs3)C2)cc2c(=O)n3ccccc3nc21. The number of carbonyl (C=O) groups excluding carboxylic acids is 1. The fraction of sp³-hybridized carbons (Fsp3) is 0.333. The van der Waals surface area contributed by atoms with Crippen molar-refractivity contribution in [3.63, 3.8) is 0 Å². The minimum Gasteiger partial charge on any atom is -0.346 e. The van der Waals surface area contributed by atoms with Crippen LogP contribution in [0.2, 0.25) is 0 Å². The third-order valence-electron chi connectivity index (χ3n) is 5.47. The van der Waals surface area contributed by atoms with Crippen molar-refractivity contribution in [1.29, 1.82) is 0 Å². The lowest BCUT2D eigenvalue weighted by atomic mass is 10.2. The van der Waals surface area contributed by atoms with Gasteiger partial charge in [-0.3, -0.25) is 14.0 Å². The standard InChI is InChI=1S/C21H22N6O2S/c1-2-8-26-16(12-15-18(26)24-17-5-3-4-9-27(17)20(15)29)19(28)23-14-6-10-25(13-14)21-22-7-11-30-21/h3-5,7,9,11-12,14H,2,6,8,10,13H2,1H3,(H,23,28). The molecule has 1 unspecified atom stereocenters. The maximum atomic E-state index is 13.2. The minimum absolute atomic E-state index is 0.0441. The molecule has 1 amide bonds. The summed E-state index contributed by atoms with van der Waals surface area (Å²) < 4.78 is 3.38. The van der Waals surface area contributed by atoms with Gasteiger partial charge in [0.1, 0.15) is 17.0 Å². The Kier molecular flexibility index (Phi) is 4.74. The fourth-order valence-electron chi connectivity index (χ4n) is 4.07. The number of nitrogens with one attached hydrogen (secondary N) is 1. The summed E-state index contributed by atoms with van der Waals surface area (Å²) in [5.41, 5.74) is 1.47. The van der Waals surface area contributed by atoms with E-state index in [2.05, 4.69) is 20.2 Å². The second-order valence-electron chi connectivity index (χ2n) is 7.48. The van der Waals surface area contributed by atoms with E-state index < -0.39 is 0 Å². The molecule has 5 heterocycles. The summed E-state index contributed by atoms with van der Waals surface area (Å²) in [5, 5.41) is 6.55. The molecular weight excluding hydrogens is 400 g/mol. The van der Waals surface area contributed by atoms with Crippen LogP contribution in [0.1, 0.15) is 30.3 Å². The Morgan fingerprint density at radius 3 is 3.07 bits per heavy atom. The lowest BCUT2D eigenvalue weighted by molar-refractivity contribution is 0.0931. The molecule has 154 valence electrons. The number of amides is 1. The predicted octanol–water partition coefficient (Wildman–Crippen LogP) is 2.52. The maximum Gasteiger partial charge on any atom is 0.268 e. The van der Waals surface area contributed by atoms with Crippen molar-refractivity contribution in [2.45, 2.75) is 32.4 Å². The van der Waals surface area contributed by atoms with Crippen LogP contribution in [0.3, 0.4) is 0 Å². The van der Waals surface area contributed by atoms with E-state index in [1.807, 2.05) is 22.9 Å². The van der Waals surface area contributed by atoms with Crippen LogP contribution in [0.5, 0.6) is 0 Å². The highest BCUT2D eigenvalue weighted by Crippen LogP contribution is 2.23. The molecule has 5 rings (SSSR count). The number of hydrogen-bond acceptors (Lipinski definition) is 6. The Hall–Kier alpha value is -3.20. The Bertz CT molecular complexity index is 1280. The first-order valence-electron chi connectivity index (χ1n) is 10.1. The van der Waals surface area contributed by atoms with Crippen molar-refractivity contribution in [2.75, 3.05) is 18.0 Å². The topological polar surface area (TPSA) is 84.5 Å². The summed E-state index contributed by atoms with van der Waals surface area (Å²) >= 11 is 1.60. The summed E-state index contributed by atoms with van der Waals surface area (Å²) in [4.78, 5) is 37.3. The third-order valence-corrected chi connectivity index (χ3v) is 6.30. The van der Waals surface area contributed by atoms with E-state index in [9.17, 15) is 9.59 Å². The monoisotopic (exact) mass is 422 g/mol. The van der Waals surface area contributed by atoms with Crippen LogP contribution in [0.25, 0.3) is 16.7 Å². The molecule has 1 fully saturated rings. The van der Waals surface area contributed by atoms with Gasteiger partial charge in [-0.1, -0.05) is 13.0 Å². The number of thiazole rings is 1. The van der Waals surface area contributed by atoms with E-state index in [4.69, 9.17) is 0 Å². The van der Waals surface area contributed by atoms with Gasteiger partial charge in [0, 0.05) is 43.4 Å². The fourth-order valence-corrected chi connectivity index (χ4v) is 4.75. The zero-order chi connectivity index (χ0) is 20.7. The molecule has 4 aromatic rings. The second-order valence-corrected chi connectivity index (χ2v) is 8.36. The summed E-state index contributed by atoms with van der Waals surface area (Å²) in [6.07, 6.45) is 5.20. The van der Waals surface area contributed by atoms with Gasteiger partial charge in [-0.25, -0.2) is 9.97 Å². The van der Waals surface area contributed by atoms with Crippen LogP contribution in [-0.4, -0.2) is 44.0 Å². The van der Waals surface area contributed by atoms with Gasteiger partial charge in [-0.15, -0.1) is 11.3 Å². The van der Waals surface area contributed by atoms with Crippen LogP contribution in [-0.2, 0) is 6.54 Å². The first-order valence-corrected chi connectivity index (χ1v) is 11.0. The van der Waals surface area contributed by atoms with Crippen LogP contribution >= 0.6 is 11.3 Å². The van der Waals surface area contributed by atoms with E-state index >= 15 is 0 Å². The number of hydrogen-bond donors (Lipinski definition) is 1. The number of anilines is 1. The van der Waals surface area contributed by atoms with Crippen LogP contribution in [0.15, 0.2) is 46.8 Å². The number of aromatic nitrogens is 4. The molecule has 0 radical (unpaired) electrons. The van der Waals surface area contributed by atoms with Crippen molar-refractivity contribution in [3.8, 4) is 0 Å². The number of fused-ring (bicyclic) bond motifs is 2. The average Bonchev–Trinajstić information content (AvgIpc) is 3.49. The Balaban J connectivity index is 1.48. The van der Waals surface area contributed by atoms with Crippen LogP contribution in [0, 0.1) is 0 Å². The molecule has 1 N–H and O–H groups in total. The molecule has 0 spiro atoms. The quantitative estimate of drug-likeness (QED) is 0.534. The number of aryl methyl sites for hydroxylation is 1. The zero-order valence-electron chi connectivity index (χ0n) is 16.6. The van der Waals surface area contributed by atoms with Gasteiger partial charge in [0.15, 0.2) is 5.13 Å². The van der Waals surface area contributed by atoms with Crippen molar-refractivity contribution < 1.29 is 4.79 Å². The summed E-state index contributed by atoms with van der Waals surface area (Å²) in [6.45, 7) is 4.27. The lowest BCUT2D eigenvalue weighted by Gasteiger charge is -2.16. The molecule has 30 heavy (non-hydrogen) atoms. The third kappa shape index (κ3) is 3.15. The van der Waals surface area contributed by atoms with Gasteiger partial charge >= 0.3 is 0 Å². The molecule has 0 aliphatic carbocycles. The zero-order valence-corrected chi connectivity index (χ0v) is 17.4. The minimum atomic E-state index is -0.166. The van der Waals surface area contributed by atoms with Crippen molar-refractivity contribution in [2.24, 2.45) is 0 Å². The lowest BCUT2D eigenvalue weighted by Crippen LogP contribution is -2.38. The normalized spacial score (nSPS) is 16.6. The molecule has 9 heteroatoms. The molecule has 0 aromatic carbocycles. The smallest absolute Gasteiger partial charge is 0.268 e. The highest BCUT2D eigenvalue weighted by Gasteiger charge is 2.27. The molecular formula is C21H22N6O2S. The van der Waals surface area contributed by atoms with E-state index in [1.54, 1.807) is 41.9 Å². The predicted molar refractivity (Wildman–Crippen MR) is 117 cm³/mol. The van der Waals surface area contributed by atoms with E-state index in [-0.39, 0.29) is 17.5 Å². The van der Waals surface area contributed by atoms with Gasteiger partial charge in [0.25, 0.3) is 11.5 Å². The molecule has 1 aliphatic rings. The van der Waals surface area contributed by atoms with E-state index in [0.29, 0.717) is 28.9 Å². The van der Waals surface area contributed by atoms with E-state index in [1.165, 1.54) is 4.40 Å². The van der Waals surface area contributed by atoms with Gasteiger partial charge in [-0.05, 0) is 31.0 Å². The van der Waals surface area contributed by atoms with Gasteiger partial charge in [0.2, 0.25) is 0 Å². The molecule has 8 nitrogen and oxygen atoms in total. The number of carbonyl (C=O) groups is 1. The highest BCUT2D eigenvalue weighted by atomic mass is 32.1. The van der Waals surface area contributed by atoms with Crippen LogP contribution < -0.4 is 15.8 Å². The summed E-state index contributed by atoms with van der Waals surface area (Å²) in [6, 6.07) is 7.18. The maximum absolute atomic E-state index is 13.2. The Morgan fingerprint density at radius 1 is 1.37 bits per heavy atom. The second kappa shape index (κ2) is 7.56. The first-order chi connectivity index (χ1) is 14.7. The van der Waals surface area contributed by atoms with E-state index in [0.717, 1.165) is 31.1 Å². The highest BCUT2D eigenvalue weighted by molar-refractivity contribution is 7.13. The molecule has 1 atom stereocenters. The molecule has 0 saturated carbocycles. The number of nitrogens with zero attached hydrogens (tertiary/aromatic N) is 5. The number of rotatable bonds is 5. The van der Waals surface area contributed by atoms with Crippen LogP contribution in [0.4, 0.5) is 5.13 Å². The Labute approximate surface area is 176 Å². The van der Waals surface area contributed by atoms with Gasteiger partial charge in [0.05, 0.1) is 5.39 Å². The molecule has 1 aliphatic heterocycles. The number of pyridine rings is 1. The molecule has 4 aromatic heterocycles. The Morgan fingerprint density at radius 2 is 2.27 bits per heavy atom. The van der Waals surface area contributed by atoms with Gasteiger partial charge < -0.3 is 14.8 Å². The van der Waals surface area contributed by atoms with Crippen molar-refractivity contribution in [3.05, 3.63) is 58.1 Å². The summed E-state index contributed by atoms with van der Waals surface area (Å²) in [5.74, 6) is -0.166. The first kappa shape index (κ1) is 18.8. The molecule has 1 saturated heterocycles. The average molecular weight is 423 g/mol. The van der Waals surface area contributed by atoms with Crippen molar-refractivity contribution >= 4 is 39.1 Å². The summed E-state index contributed by atoms with van der Waals surface area (Å²) in [7, 11) is 0.